The Balaban J connectivity index is 0.00000225. The summed E-state index contributed by atoms with van der Waals surface area (Å²) in [5.41, 5.74) is 7.93. The van der Waals surface area contributed by atoms with E-state index in [0.29, 0.717) is 18.3 Å². The molecule has 170 valence electrons. The average molecular weight is 460 g/mol. The molecule has 1 unspecified atom stereocenters. The molecule has 2 aliphatic rings. The number of carbonyl (C=O) groups is 2. The third kappa shape index (κ3) is 7.41. The molecule has 0 bridgehead atoms. The van der Waals surface area contributed by atoms with Crippen molar-refractivity contribution in [1.29, 1.82) is 0 Å². The quantitative estimate of drug-likeness (QED) is 0.567. The fraction of sp³-hybridized carbons (Fsp3) is 0.636. The third-order valence-corrected chi connectivity index (χ3v) is 6.26. The second-order valence-corrected chi connectivity index (χ2v) is 8.20. The van der Waals surface area contributed by atoms with E-state index < -0.39 is 6.04 Å². The van der Waals surface area contributed by atoms with Crippen molar-refractivity contribution in [3.8, 4) is 0 Å². The molecule has 1 saturated carbocycles. The zero-order chi connectivity index (χ0) is 19.9. The predicted molar refractivity (Wildman–Crippen MR) is 124 cm³/mol. The van der Waals surface area contributed by atoms with Gasteiger partial charge in [-0.25, -0.2) is 0 Å². The first-order valence-corrected chi connectivity index (χ1v) is 10.5. The maximum Gasteiger partial charge on any atom is 0.322 e. The van der Waals surface area contributed by atoms with Crippen molar-refractivity contribution in [1.82, 2.24) is 10.6 Å². The summed E-state index contributed by atoms with van der Waals surface area (Å²) in [6.45, 7) is 2.14. The van der Waals surface area contributed by atoms with Crippen LogP contribution < -0.4 is 16.4 Å². The summed E-state index contributed by atoms with van der Waals surface area (Å²) in [5.74, 6) is 0.687. The van der Waals surface area contributed by atoms with Crippen molar-refractivity contribution in [3.63, 3.8) is 0 Å². The van der Waals surface area contributed by atoms with Gasteiger partial charge in [-0.2, -0.15) is 0 Å². The molecule has 6 nitrogen and oxygen atoms in total. The minimum Gasteiger partial charge on any atom is -0.468 e. The van der Waals surface area contributed by atoms with E-state index in [0.717, 1.165) is 57.2 Å². The highest BCUT2D eigenvalue weighted by Crippen LogP contribution is 2.28. The van der Waals surface area contributed by atoms with E-state index in [1.54, 1.807) is 0 Å². The van der Waals surface area contributed by atoms with Crippen LogP contribution >= 0.6 is 24.8 Å². The Morgan fingerprint density at radius 1 is 1.07 bits per heavy atom. The van der Waals surface area contributed by atoms with Crippen molar-refractivity contribution in [2.24, 2.45) is 11.7 Å². The van der Waals surface area contributed by atoms with Crippen LogP contribution in [0.15, 0.2) is 24.3 Å². The van der Waals surface area contributed by atoms with E-state index in [4.69, 9.17) is 10.5 Å². The molecule has 1 aromatic carbocycles. The number of esters is 1. The van der Waals surface area contributed by atoms with E-state index in [9.17, 15) is 9.59 Å². The topological polar surface area (TPSA) is 93.4 Å². The summed E-state index contributed by atoms with van der Waals surface area (Å²) in [6.07, 6.45) is 6.79. The fourth-order valence-electron chi connectivity index (χ4n) is 4.48. The molecule has 1 atom stereocenters. The summed E-state index contributed by atoms with van der Waals surface area (Å²) < 4.78 is 4.70. The number of hydrogen-bond donors (Lipinski definition) is 3. The minimum atomic E-state index is -0.542. The van der Waals surface area contributed by atoms with Crippen LogP contribution in [0.2, 0.25) is 0 Å². The van der Waals surface area contributed by atoms with Crippen molar-refractivity contribution in [2.75, 3.05) is 20.2 Å². The van der Waals surface area contributed by atoms with Crippen LogP contribution in [0.1, 0.15) is 66.8 Å². The Hall–Kier alpha value is -1.34. The van der Waals surface area contributed by atoms with Crippen LogP contribution in [0.3, 0.4) is 0 Å². The molecule has 8 heteroatoms. The van der Waals surface area contributed by atoms with Crippen LogP contribution in [-0.2, 0) is 9.53 Å². The second-order valence-electron chi connectivity index (χ2n) is 8.20. The first-order valence-electron chi connectivity index (χ1n) is 10.5. The maximum atomic E-state index is 12.6. The lowest BCUT2D eigenvalue weighted by atomic mass is 9.82. The van der Waals surface area contributed by atoms with E-state index in [1.807, 2.05) is 12.1 Å². The average Bonchev–Trinajstić information content (AvgIpc) is 2.75. The molecule has 0 aromatic heterocycles. The number of piperidine rings is 1. The number of halogens is 2. The van der Waals surface area contributed by atoms with E-state index in [1.165, 1.54) is 12.7 Å². The highest BCUT2D eigenvalue weighted by atomic mass is 35.5. The Bertz CT molecular complexity index is 658. The molecule has 1 aliphatic carbocycles. The molecule has 0 spiro atoms. The van der Waals surface area contributed by atoms with Crippen LogP contribution in [0.4, 0.5) is 0 Å². The molecule has 2 fully saturated rings. The van der Waals surface area contributed by atoms with Crippen molar-refractivity contribution >= 4 is 36.7 Å². The van der Waals surface area contributed by atoms with Gasteiger partial charge in [0.05, 0.1) is 7.11 Å². The van der Waals surface area contributed by atoms with Gasteiger partial charge in [0.1, 0.15) is 6.04 Å². The van der Waals surface area contributed by atoms with Gasteiger partial charge in [-0.15, -0.1) is 24.8 Å². The number of nitrogens with two attached hydrogens (primary N) is 1. The Morgan fingerprint density at radius 3 is 2.23 bits per heavy atom. The molecule has 30 heavy (non-hydrogen) atoms. The predicted octanol–water partition coefficient (Wildman–Crippen LogP) is 3.18. The SMILES string of the molecule is COC(=O)C(N)CC1CCC(NC(=O)c2ccc(C3CCNCC3)cc2)CC1.Cl.Cl. The van der Waals surface area contributed by atoms with Gasteiger partial charge in [0.25, 0.3) is 5.91 Å². The summed E-state index contributed by atoms with van der Waals surface area (Å²) in [5, 5.41) is 6.56. The van der Waals surface area contributed by atoms with Gasteiger partial charge in [-0.1, -0.05) is 12.1 Å². The smallest absolute Gasteiger partial charge is 0.322 e. The summed E-state index contributed by atoms with van der Waals surface area (Å²) in [6, 6.07) is 7.77. The molecule has 1 aliphatic heterocycles. The molecular weight excluding hydrogens is 425 g/mol. The van der Waals surface area contributed by atoms with E-state index in [-0.39, 0.29) is 42.7 Å². The van der Waals surface area contributed by atoms with Gasteiger partial charge in [-0.05, 0) is 87.6 Å². The summed E-state index contributed by atoms with van der Waals surface area (Å²) >= 11 is 0. The zero-order valence-corrected chi connectivity index (χ0v) is 19.2. The highest BCUT2D eigenvalue weighted by molar-refractivity contribution is 5.94. The molecule has 4 N–H and O–H groups in total. The van der Waals surface area contributed by atoms with Crippen molar-refractivity contribution in [3.05, 3.63) is 35.4 Å². The monoisotopic (exact) mass is 459 g/mol. The maximum absolute atomic E-state index is 12.6. The molecule has 1 saturated heterocycles. The standard InChI is InChI=1S/C22H33N3O3.2ClH/c1-28-22(27)20(23)14-15-2-8-19(9-3-15)25-21(26)18-6-4-16(5-7-18)17-10-12-24-13-11-17;;/h4-7,15,17,19-20,24H,2-3,8-14,23H2,1H3,(H,25,26);2*1H. The van der Waals surface area contributed by atoms with Crippen molar-refractivity contribution in [2.45, 2.75) is 62.9 Å². The molecule has 1 amide bonds. The number of hydrogen-bond acceptors (Lipinski definition) is 5. The van der Waals surface area contributed by atoms with Gasteiger partial charge < -0.3 is 21.1 Å². The van der Waals surface area contributed by atoms with E-state index >= 15 is 0 Å². The lowest BCUT2D eigenvalue weighted by molar-refractivity contribution is -0.142. The van der Waals surface area contributed by atoms with Gasteiger partial charge >= 0.3 is 5.97 Å². The van der Waals surface area contributed by atoms with Crippen molar-refractivity contribution < 1.29 is 14.3 Å². The first-order chi connectivity index (χ1) is 13.6. The minimum absolute atomic E-state index is 0. The normalized spacial score (nSPS) is 22.7. The van der Waals surface area contributed by atoms with Gasteiger partial charge in [-0.3, -0.25) is 9.59 Å². The number of methoxy groups -OCH3 is 1. The lowest BCUT2D eigenvalue weighted by Crippen LogP contribution is -2.39. The molecule has 3 rings (SSSR count). The number of ether oxygens (including phenoxy) is 1. The van der Waals surface area contributed by atoms with Crippen LogP contribution in [-0.4, -0.2) is 44.2 Å². The number of benzene rings is 1. The Labute approximate surface area is 191 Å². The third-order valence-electron chi connectivity index (χ3n) is 6.26. The largest absolute Gasteiger partial charge is 0.468 e. The number of amides is 1. The number of rotatable bonds is 6. The second kappa shape index (κ2) is 13.2. The van der Waals surface area contributed by atoms with Crippen LogP contribution in [0.25, 0.3) is 0 Å². The molecule has 1 aromatic rings. The number of carbonyl (C=O) groups excluding carboxylic acids is 2. The summed E-state index contributed by atoms with van der Waals surface area (Å²) in [7, 11) is 1.37. The highest BCUT2D eigenvalue weighted by Gasteiger charge is 2.26. The summed E-state index contributed by atoms with van der Waals surface area (Å²) in [4.78, 5) is 24.1. The molecule has 0 radical (unpaired) electrons. The van der Waals surface area contributed by atoms with Gasteiger partial charge in [0.15, 0.2) is 0 Å². The fourth-order valence-corrected chi connectivity index (χ4v) is 4.48. The molecule has 1 heterocycles. The number of nitrogens with one attached hydrogen (secondary N) is 2. The lowest BCUT2D eigenvalue weighted by Gasteiger charge is -2.30. The first kappa shape index (κ1) is 26.7. The van der Waals surface area contributed by atoms with Crippen LogP contribution in [0, 0.1) is 5.92 Å². The van der Waals surface area contributed by atoms with Gasteiger partial charge in [0, 0.05) is 11.6 Å². The Kier molecular flexibility index (Phi) is 11.7. The van der Waals surface area contributed by atoms with Crippen LogP contribution in [0.5, 0.6) is 0 Å². The van der Waals surface area contributed by atoms with E-state index in [2.05, 4.69) is 22.8 Å². The molecular formula is C22H35Cl2N3O3. The Morgan fingerprint density at radius 2 is 1.67 bits per heavy atom. The van der Waals surface area contributed by atoms with Gasteiger partial charge in [0.2, 0.25) is 0 Å². The zero-order valence-electron chi connectivity index (χ0n) is 17.6.